The Morgan fingerprint density at radius 1 is 1.00 bits per heavy atom. The average Bonchev–Trinajstić information content (AvgIpc) is 2.38. The fraction of sp³-hybridized carbons (Fsp3) is 0.143. The maximum Gasteiger partial charge on any atom is 0.0636 e. The zero-order valence-electron chi connectivity index (χ0n) is 9.44. The summed E-state index contributed by atoms with van der Waals surface area (Å²) in [5.41, 5.74) is 8.10. The Bertz CT molecular complexity index is 453. The van der Waals surface area contributed by atoms with E-state index in [-0.39, 0.29) is 6.04 Å². The van der Waals surface area contributed by atoms with Crippen molar-refractivity contribution in [3.63, 3.8) is 0 Å². The van der Waals surface area contributed by atoms with Crippen LogP contribution in [0.1, 0.15) is 11.6 Å². The smallest absolute Gasteiger partial charge is 0.0636 e. The Hall–Kier alpha value is -1.32. The standard InChI is InChI=1S/C14H15BrN2/c15-12-8-6-11(7-9-12)14(10-16)17-13-4-2-1-3-5-13/h1-9,14,17H,10,16H2. The molecule has 0 spiro atoms. The molecular formula is C14H15BrN2. The van der Waals surface area contributed by atoms with E-state index >= 15 is 0 Å². The van der Waals surface area contributed by atoms with Gasteiger partial charge in [-0.2, -0.15) is 0 Å². The highest BCUT2D eigenvalue weighted by Gasteiger charge is 2.08. The molecule has 2 aromatic rings. The minimum atomic E-state index is 0.144. The van der Waals surface area contributed by atoms with Gasteiger partial charge in [-0.05, 0) is 29.8 Å². The Balaban J connectivity index is 2.14. The van der Waals surface area contributed by atoms with Crippen molar-refractivity contribution in [1.82, 2.24) is 0 Å². The normalized spacial score (nSPS) is 12.1. The summed E-state index contributed by atoms with van der Waals surface area (Å²) in [6.45, 7) is 0.566. The van der Waals surface area contributed by atoms with Crippen LogP contribution in [-0.2, 0) is 0 Å². The predicted molar refractivity (Wildman–Crippen MR) is 76.0 cm³/mol. The fourth-order valence-corrected chi connectivity index (χ4v) is 1.97. The summed E-state index contributed by atoms with van der Waals surface area (Å²) < 4.78 is 1.08. The van der Waals surface area contributed by atoms with Crippen LogP contribution in [0.4, 0.5) is 5.69 Å². The fourth-order valence-electron chi connectivity index (χ4n) is 1.71. The molecule has 0 saturated carbocycles. The van der Waals surface area contributed by atoms with Gasteiger partial charge in [-0.1, -0.05) is 46.3 Å². The minimum absolute atomic E-state index is 0.144. The van der Waals surface area contributed by atoms with Gasteiger partial charge < -0.3 is 11.1 Å². The summed E-state index contributed by atoms with van der Waals surface area (Å²) in [6.07, 6.45) is 0. The summed E-state index contributed by atoms with van der Waals surface area (Å²) in [6, 6.07) is 18.5. The van der Waals surface area contributed by atoms with Crippen LogP contribution in [0.2, 0.25) is 0 Å². The van der Waals surface area contributed by atoms with E-state index in [1.165, 1.54) is 5.56 Å². The third-order valence-electron chi connectivity index (χ3n) is 2.62. The molecule has 0 radical (unpaired) electrons. The van der Waals surface area contributed by atoms with Gasteiger partial charge in [-0.3, -0.25) is 0 Å². The molecule has 88 valence electrons. The molecule has 1 atom stereocenters. The Labute approximate surface area is 110 Å². The zero-order chi connectivity index (χ0) is 12.1. The van der Waals surface area contributed by atoms with Crippen LogP contribution in [0.5, 0.6) is 0 Å². The highest BCUT2D eigenvalue weighted by atomic mass is 79.9. The zero-order valence-corrected chi connectivity index (χ0v) is 11.0. The molecule has 0 fully saturated rings. The van der Waals surface area contributed by atoms with Crippen LogP contribution in [0.25, 0.3) is 0 Å². The Morgan fingerprint density at radius 3 is 2.24 bits per heavy atom. The van der Waals surface area contributed by atoms with E-state index in [4.69, 9.17) is 5.73 Å². The maximum absolute atomic E-state index is 5.82. The van der Waals surface area contributed by atoms with E-state index < -0.39 is 0 Å². The highest BCUT2D eigenvalue weighted by Crippen LogP contribution is 2.20. The molecule has 0 aliphatic heterocycles. The topological polar surface area (TPSA) is 38.0 Å². The van der Waals surface area contributed by atoms with E-state index in [0.29, 0.717) is 6.54 Å². The first kappa shape index (κ1) is 12.1. The number of hydrogen-bond donors (Lipinski definition) is 2. The molecule has 2 nitrogen and oxygen atoms in total. The number of halogens is 1. The number of rotatable bonds is 4. The first-order chi connectivity index (χ1) is 8.29. The van der Waals surface area contributed by atoms with Crippen molar-refractivity contribution in [2.45, 2.75) is 6.04 Å². The number of nitrogens with one attached hydrogen (secondary N) is 1. The predicted octanol–water partition coefficient (Wildman–Crippen LogP) is 3.56. The van der Waals surface area contributed by atoms with Gasteiger partial charge in [0.1, 0.15) is 0 Å². The van der Waals surface area contributed by atoms with E-state index in [1.54, 1.807) is 0 Å². The number of nitrogens with two attached hydrogens (primary N) is 1. The molecule has 0 aliphatic carbocycles. The van der Waals surface area contributed by atoms with Crippen LogP contribution < -0.4 is 11.1 Å². The summed E-state index contributed by atoms with van der Waals surface area (Å²) in [7, 11) is 0. The van der Waals surface area contributed by atoms with Crippen molar-refractivity contribution in [2.24, 2.45) is 5.73 Å². The molecular weight excluding hydrogens is 276 g/mol. The second-order valence-corrected chi connectivity index (χ2v) is 4.77. The molecule has 0 aliphatic rings. The molecule has 2 rings (SSSR count). The van der Waals surface area contributed by atoms with Crippen LogP contribution in [-0.4, -0.2) is 6.54 Å². The second kappa shape index (κ2) is 5.84. The van der Waals surface area contributed by atoms with E-state index in [1.807, 2.05) is 42.5 Å². The molecule has 0 saturated heterocycles. The molecule has 0 amide bonds. The number of para-hydroxylation sites is 1. The van der Waals surface area contributed by atoms with Crippen LogP contribution in [0, 0.1) is 0 Å². The van der Waals surface area contributed by atoms with Gasteiger partial charge >= 0.3 is 0 Å². The molecule has 2 aromatic carbocycles. The van der Waals surface area contributed by atoms with Crippen molar-refractivity contribution >= 4 is 21.6 Å². The third kappa shape index (κ3) is 3.32. The van der Waals surface area contributed by atoms with Gasteiger partial charge in [0, 0.05) is 16.7 Å². The molecule has 17 heavy (non-hydrogen) atoms. The largest absolute Gasteiger partial charge is 0.377 e. The lowest BCUT2D eigenvalue weighted by molar-refractivity contribution is 0.790. The quantitative estimate of drug-likeness (QED) is 0.904. The average molecular weight is 291 g/mol. The second-order valence-electron chi connectivity index (χ2n) is 3.85. The van der Waals surface area contributed by atoms with Crippen molar-refractivity contribution in [3.8, 4) is 0 Å². The van der Waals surface area contributed by atoms with Crippen LogP contribution in [0.3, 0.4) is 0 Å². The number of hydrogen-bond acceptors (Lipinski definition) is 2. The summed E-state index contributed by atoms with van der Waals surface area (Å²) in [4.78, 5) is 0. The van der Waals surface area contributed by atoms with Crippen molar-refractivity contribution in [3.05, 3.63) is 64.6 Å². The highest BCUT2D eigenvalue weighted by molar-refractivity contribution is 9.10. The summed E-state index contributed by atoms with van der Waals surface area (Å²) >= 11 is 3.43. The number of anilines is 1. The lowest BCUT2D eigenvalue weighted by Gasteiger charge is -2.18. The van der Waals surface area contributed by atoms with E-state index in [2.05, 4.69) is 33.4 Å². The first-order valence-corrected chi connectivity index (χ1v) is 6.36. The van der Waals surface area contributed by atoms with Gasteiger partial charge in [0.15, 0.2) is 0 Å². The minimum Gasteiger partial charge on any atom is -0.377 e. The van der Waals surface area contributed by atoms with Gasteiger partial charge in [0.05, 0.1) is 6.04 Å². The lowest BCUT2D eigenvalue weighted by Crippen LogP contribution is -2.20. The van der Waals surface area contributed by atoms with Crippen molar-refractivity contribution in [2.75, 3.05) is 11.9 Å². The molecule has 3 N–H and O–H groups in total. The monoisotopic (exact) mass is 290 g/mol. The van der Waals surface area contributed by atoms with Crippen LogP contribution >= 0.6 is 15.9 Å². The Morgan fingerprint density at radius 2 is 1.65 bits per heavy atom. The first-order valence-electron chi connectivity index (χ1n) is 5.56. The van der Waals surface area contributed by atoms with Crippen molar-refractivity contribution in [1.29, 1.82) is 0 Å². The summed E-state index contributed by atoms with van der Waals surface area (Å²) in [5, 5.41) is 3.42. The van der Waals surface area contributed by atoms with Gasteiger partial charge in [-0.25, -0.2) is 0 Å². The molecule has 0 bridgehead atoms. The third-order valence-corrected chi connectivity index (χ3v) is 3.15. The SMILES string of the molecule is NCC(Nc1ccccc1)c1ccc(Br)cc1. The lowest BCUT2D eigenvalue weighted by atomic mass is 10.1. The molecule has 1 unspecified atom stereocenters. The van der Waals surface area contributed by atoms with Gasteiger partial charge in [0.2, 0.25) is 0 Å². The van der Waals surface area contributed by atoms with Crippen LogP contribution in [0.15, 0.2) is 59.1 Å². The molecule has 0 aromatic heterocycles. The van der Waals surface area contributed by atoms with Gasteiger partial charge in [0.25, 0.3) is 0 Å². The maximum atomic E-state index is 5.82. The molecule has 3 heteroatoms. The van der Waals surface area contributed by atoms with E-state index in [9.17, 15) is 0 Å². The number of benzene rings is 2. The Kier molecular flexibility index (Phi) is 4.18. The van der Waals surface area contributed by atoms with E-state index in [0.717, 1.165) is 10.2 Å². The van der Waals surface area contributed by atoms with Gasteiger partial charge in [-0.15, -0.1) is 0 Å². The molecule has 0 heterocycles. The van der Waals surface area contributed by atoms with Crippen molar-refractivity contribution < 1.29 is 0 Å². The summed E-state index contributed by atoms with van der Waals surface area (Å²) in [5.74, 6) is 0.